The summed E-state index contributed by atoms with van der Waals surface area (Å²) in [5.41, 5.74) is -1.00. The molecular formula is C14H15F3N2O3. The molecule has 1 aromatic carbocycles. The summed E-state index contributed by atoms with van der Waals surface area (Å²) in [5, 5.41) is 13.4. The molecule has 0 radical (unpaired) electrons. The van der Waals surface area contributed by atoms with Crippen molar-refractivity contribution in [1.82, 2.24) is 10.6 Å². The third-order valence-corrected chi connectivity index (χ3v) is 3.70. The Kier molecular flexibility index (Phi) is 4.30. The van der Waals surface area contributed by atoms with Crippen molar-refractivity contribution in [1.29, 1.82) is 0 Å². The van der Waals surface area contributed by atoms with Gasteiger partial charge in [0, 0.05) is 13.1 Å². The number of hydrogen-bond donors (Lipinski definition) is 3. The van der Waals surface area contributed by atoms with Gasteiger partial charge in [-0.3, -0.25) is 0 Å². The minimum absolute atomic E-state index is 0.0351. The number of nitrogens with one attached hydrogen (secondary N) is 2. The zero-order valence-electron chi connectivity index (χ0n) is 11.5. The van der Waals surface area contributed by atoms with Crippen LogP contribution in [0.15, 0.2) is 24.3 Å². The van der Waals surface area contributed by atoms with Gasteiger partial charge in [-0.05, 0) is 30.5 Å². The number of amides is 2. The predicted octanol–water partition coefficient (Wildman–Crippen LogP) is 2.53. The molecule has 0 unspecified atom stereocenters. The summed E-state index contributed by atoms with van der Waals surface area (Å²) in [7, 11) is 0. The number of carboxylic acids is 1. The lowest BCUT2D eigenvalue weighted by Crippen LogP contribution is -2.42. The molecule has 2 rings (SSSR count). The minimum Gasteiger partial charge on any atom is -0.478 e. The fraction of sp³-hybridized carbons (Fsp3) is 0.429. The van der Waals surface area contributed by atoms with Crippen molar-refractivity contribution in [3.8, 4) is 0 Å². The van der Waals surface area contributed by atoms with E-state index in [4.69, 9.17) is 5.11 Å². The van der Waals surface area contributed by atoms with E-state index in [0.717, 1.165) is 0 Å². The number of carboxylic acid groups (broad SMARTS) is 1. The number of carbonyl (C=O) groups is 2. The molecule has 1 aliphatic rings. The lowest BCUT2D eigenvalue weighted by Gasteiger charge is -2.19. The molecule has 0 aliphatic heterocycles. The van der Waals surface area contributed by atoms with Crippen LogP contribution in [0.25, 0.3) is 0 Å². The first-order valence-electron chi connectivity index (χ1n) is 6.64. The van der Waals surface area contributed by atoms with Crippen molar-refractivity contribution in [2.45, 2.75) is 25.6 Å². The number of rotatable bonds is 5. The molecule has 120 valence electrons. The largest absolute Gasteiger partial charge is 0.478 e. The summed E-state index contributed by atoms with van der Waals surface area (Å²) >= 11 is 0. The van der Waals surface area contributed by atoms with Gasteiger partial charge in [-0.15, -0.1) is 0 Å². The van der Waals surface area contributed by atoms with Gasteiger partial charge in [0.1, 0.15) is 0 Å². The van der Waals surface area contributed by atoms with Crippen LogP contribution in [0.4, 0.5) is 18.0 Å². The molecule has 0 spiro atoms. The van der Waals surface area contributed by atoms with E-state index in [-0.39, 0.29) is 24.9 Å². The first kappa shape index (κ1) is 16.1. The van der Waals surface area contributed by atoms with E-state index in [1.807, 2.05) is 0 Å². The maximum Gasteiger partial charge on any atom is 0.396 e. The molecule has 22 heavy (non-hydrogen) atoms. The quantitative estimate of drug-likeness (QED) is 0.781. The number of hydrogen-bond acceptors (Lipinski definition) is 2. The van der Waals surface area contributed by atoms with Crippen molar-refractivity contribution in [2.24, 2.45) is 5.41 Å². The number of urea groups is 1. The molecule has 0 heterocycles. The third-order valence-electron chi connectivity index (χ3n) is 3.70. The van der Waals surface area contributed by atoms with Crippen LogP contribution < -0.4 is 10.6 Å². The molecule has 1 aromatic rings. The number of aromatic carboxylic acids is 1. The van der Waals surface area contributed by atoms with Crippen LogP contribution in [-0.4, -0.2) is 29.8 Å². The van der Waals surface area contributed by atoms with E-state index >= 15 is 0 Å². The van der Waals surface area contributed by atoms with E-state index in [1.165, 1.54) is 24.3 Å². The monoisotopic (exact) mass is 316 g/mol. The van der Waals surface area contributed by atoms with Gasteiger partial charge in [0.15, 0.2) is 0 Å². The summed E-state index contributed by atoms with van der Waals surface area (Å²) in [6.45, 7) is -0.328. The Morgan fingerprint density at radius 3 is 2.18 bits per heavy atom. The molecule has 8 heteroatoms. The van der Waals surface area contributed by atoms with E-state index in [0.29, 0.717) is 5.56 Å². The van der Waals surface area contributed by atoms with Crippen LogP contribution in [0, 0.1) is 5.41 Å². The normalized spacial score (nSPS) is 16.0. The van der Waals surface area contributed by atoms with E-state index in [1.54, 1.807) is 0 Å². The highest BCUT2D eigenvalue weighted by molar-refractivity contribution is 5.87. The predicted molar refractivity (Wildman–Crippen MR) is 71.4 cm³/mol. The minimum atomic E-state index is -4.30. The summed E-state index contributed by atoms with van der Waals surface area (Å²) in [4.78, 5) is 22.2. The number of alkyl halides is 3. The van der Waals surface area contributed by atoms with Crippen LogP contribution in [0.1, 0.15) is 28.8 Å². The van der Waals surface area contributed by atoms with Crippen molar-refractivity contribution < 1.29 is 27.9 Å². The molecule has 0 saturated heterocycles. The number of carbonyl (C=O) groups excluding carboxylic acids is 1. The van der Waals surface area contributed by atoms with E-state index < -0.39 is 30.1 Å². The van der Waals surface area contributed by atoms with Crippen LogP contribution in [0.5, 0.6) is 0 Å². The van der Waals surface area contributed by atoms with Gasteiger partial charge in [-0.2, -0.15) is 13.2 Å². The summed E-state index contributed by atoms with van der Waals surface area (Å²) < 4.78 is 38.0. The highest BCUT2D eigenvalue weighted by Crippen LogP contribution is 2.56. The Morgan fingerprint density at radius 1 is 1.14 bits per heavy atom. The zero-order chi connectivity index (χ0) is 16.4. The third kappa shape index (κ3) is 3.69. The van der Waals surface area contributed by atoms with Gasteiger partial charge in [-0.1, -0.05) is 12.1 Å². The summed E-state index contributed by atoms with van der Waals surface area (Å²) in [6.07, 6.45) is -4.23. The Bertz CT molecular complexity index is 566. The van der Waals surface area contributed by atoms with E-state index in [9.17, 15) is 22.8 Å². The Hall–Kier alpha value is -2.25. The molecular weight excluding hydrogens is 301 g/mol. The Morgan fingerprint density at radius 2 is 1.73 bits per heavy atom. The van der Waals surface area contributed by atoms with Gasteiger partial charge < -0.3 is 15.7 Å². The van der Waals surface area contributed by atoms with E-state index in [2.05, 4.69) is 10.6 Å². The number of benzene rings is 1. The molecule has 5 nitrogen and oxygen atoms in total. The highest BCUT2D eigenvalue weighted by atomic mass is 19.4. The van der Waals surface area contributed by atoms with Gasteiger partial charge in [-0.25, -0.2) is 9.59 Å². The van der Waals surface area contributed by atoms with Gasteiger partial charge in [0.2, 0.25) is 0 Å². The molecule has 0 aromatic heterocycles. The van der Waals surface area contributed by atoms with Crippen molar-refractivity contribution in [3.63, 3.8) is 0 Å². The summed E-state index contributed by atoms with van der Waals surface area (Å²) in [5.74, 6) is -1.06. The molecule has 1 fully saturated rings. The maximum absolute atomic E-state index is 12.7. The lowest BCUT2D eigenvalue weighted by atomic mass is 10.1. The topological polar surface area (TPSA) is 78.4 Å². The molecule has 1 aliphatic carbocycles. The van der Waals surface area contributed by atoms with Crippen molar-refractivity contribution in [2.75, 3.05) is 6.54 Å². The first-order chi connectivity index (χ1) is 10.2. The Balaban J connectivity index is 1.77. The standard InChI is InChI=1S/C14H15F3N2O3/c15-14(16,17)13(5-6-13)8-19-12(22)18-7-9-1-3-10(4-2-9)11(20)21/h1-4H,5-8H2,(H,20,21)(H2,18,19,22). The molecule has 0 bridgehead atoms. The lowest BCUT2D eigenvalue weighted by molar-refractivity contribution is -0.184. The van der Waals surface area contributed by atoms with Gasteiger partial charge in [0.25, 0.3) is 0 Å². The SMILES string of the molecule is O=C(NCc1ccc(C(=O)O)cc1)NCC1(C(F)(F)F)CC1. The summed E-state index contributed by atoms with van der Waals surface area (Å²) in [6, 6.07) is 5.15. The first-order valence-corrected chi connectivity index (χ1v) is 6.64. The fourth-order valence-electron chi connectivity index (χ4n) is 1.97. The van der Waals surface area contributed by atoms with Gasteiger partial charge >= 0.3 is 18.2 Å². The smallest absolute Gasteiger partial charge is 0.396 e. The maximum atomic E-state index is 12.7. The molecule has 3 N–H and O–H groups in total. The molecule has 0 atom stereocenters. The fourth-order valence-corrected chi connectivity index (χ4v) is 1.97. The zero-order valence-corrected chi connectivity index (χ0v) is 11.5. The van der Waals surface area contributed by atoms with Crippen molar-refractivity contribution >= 4 is 12.0 Å². The van der Waals surface area contributed by atoms with Gasteiger partial charge in [0.05, 0.1) is 11.0 Å². The second-order valence-electron chi connectivity index (χ2n) is 5.32. The average molecular weight is 316 g/mol. The van der Waals surface area contributed by atoms with Crippen LogP contribution in [0.2, 0.25) is 0 Å². The number of halogens is 3. The second kappa shape index (κ2) is 5.86. The van der Waals surface area contributed by atoms with Crippen LogP contribution >= 0.6 is 0 Å². The van der Waals surface area contributed by atoms with Crippen molar-refractivity contribution in [3.05, 3.63) is 35.4 Å². The Labute approximate surface area is 124 Å². The average Bonchev–Trinajstić information content (AvgIpc) is 3.24. The second-order valence-corrected chi connectivity index (χ2v) is 5.32. The molecule has 2 amide bonds. The van der Waals surface area contributed by atoms with Crippen LogP contribution in [0.3, 0.4) is 0 Å². The van der Waals surface area contributed by atoms with Crippen LogP contribution in [-0.2, 0) is 6.54 Å². The molecule has 1 saturated carbocycles. The highest BCUT2D eigenvalue weighted by Gasteiger charge is 2.63.